The first-order valence-electron chi connectivity index (χ1n) is 8.60. The first-order valence-corrected chi connectivity index (χ1v) is 8.60. The van der Waals surface area contributed by atoms with Gasteiger partial charge in [0.15, 0.2) is 0 Å². The van der Waals surface area contributed by atoms with Crippen molar-refractivity contribution in [1.82, 2.24) is 14.9 Å². The van der Waals surface area contributed by atoms with Gasteiger partial charge in [0, 0.05) is 25.4 Å². The molecule has 1 aliphatic carbocycles. The van der Waals surface area contributed by atoms with Crippen LogP contribution in [0.3, 0.4) is 0 Å². The summed E-state index contributed by atoms with van der Waals surface area (Å²) in [5.41, 5.74) is 0.979. The summed E-state index contributed by atoms with van der Waals surface area (Å²) in [7, 11) is 3.60. The predicted molar refractivity (Wildman–Crippen MR) is 92.8 cm³/mol. The number of carbonyl (C=O) groups is 1. The maximum Gasteiger partial charge on any atom is 0.223 e. The second-order valence-electron chi connectivity index (χ2n) is 6.45. The molecular formula is C19H25N3O2. The predicted octanol–water partition coefficient (Wildman–Crippen LogP) is 3.21. The summed E-state index contributed by atoms with van der Waals surface area (Å²) in [5, 5.41) is 3.22. The fourth-order valence-electron chi connectivity index (χ4n) is 3.40. The van der Waals surface area contributed by atoms with Crippen LogP contribution in [0.2, 0.25) is 0 Å². The van der Waals surface area contributed by atoms with Gasteiger partial charge in [-0.2, -0.15) is 0 Å². The van der Waals surface area contributed by atoms with E-state index in [1.807, 2.05) is 42.1 Å². The third kappa shape index (κ3) is 3.61. The number of ether oxygens (including phenoxy) is 1. The molecule has 24 heavy (non-hydrogen) atoms. The molecule has 1 atom stereocenters. The SMILES string of the molecule is COc1cccc(C(NC(=O)C2CCCCC2)c2nccn2C)c1. The number of imidazole rings is 1. The number of aromatic nitrogens is 2. The van der Waals surface area contributed by atoms with Gasteiger partial charge in [0.2, 0.25) is 5.91 Å². The summed E-state index contributed by atoms with van der Waals surface area (Å²) in [6.45, 7) is 0. The van der Waals surface area contributed by atoms with Gasteiger partial charge in [0.25, 0.3) is 0 Å². The molecule has 3 rings (SSSR count). The van der Waals surface area contributed by atoms with Crippen molar-refractivity contribution in [2.24, 2.45) is 13.0 Å². The second-order valence-corrected chi connectivity index (χ2v) is 6.45. The van der Waals surface area contributed by atoms with Crippen molar-refractivity contribution in [3.63, 3.8) is 0 Å². The lowest BCUT2D eigenvalue weighted by atomic mass is 9.88. The summed E-state index contributed by atoms with van der Waals surface area (Å²) >= 11 is 0. The highest BCUT2D eigenvalue weighted by Crippen LogP contribution is 2.27. The Hall–Kier alpha value is -2.30. The molecule has 0 radical (unpaired) electrons. The van der Waals surface area contributed by atoms with Crippen LogP contribution >= 0.6 is 0 Å². The monoisotopic (exact) mass is 327 g/mol. The van der Waals surface area contributed by atoms with E-state index in [1.54, 1.807) is 13.3 Å². The lowest BCUT2D eigenvalue weighted by Crippen LogP contribution is -2.36. The molecule has 1 aromatic heterocycles. The minimum absolute atomic E-state index is 0.118. The molecule has 1 N–H and O–H groups in total. The average molecular weight is 327 g/mol. The van der Waals surface area contributed by atoms with Crippen LogP contribution in [0.1, 0.15) is 49.5 Å². The van der Waals surface area contributed by atoms with Gasteiger partial charge in [-0.3, -0.25) is 4.79 Å². The van der Waals surface area contributed by atoms with Crippen molar-refractivity contribution in [2.75, 3.05) is 7.11 Å². The largest absolute Gasteiger partial charge is 0.497 e. The normalized spacial score (nSPS) is 16.6. The van der Waals surface area contributed by atoms with Crippen LogP contribution < -0.4 is 10.1 Å². The highest BCUT2D eigenvalue weighted by molar-refractivity contribution is 5.79. The molecule has 1 aromatic carbocycles. The Kier molecular flexibility index (Phi) is 5.18. The van der Waals surface area contributed by atoms with E-state index in [1.165, 1.54) is 6.42 Å². The molecule has 2 aromatic rings. The number of methoxy groups -OCH3 is 1. The van der Waals surface area contributed by atoms with Gasteiger partial charge < -0.3 is 14.6 Å². The topological polar surface area (TPSA) is 56.1 Å². The Morgan fingerprint density at radius 1 is 1.33 bits per heavy atom. The van der Waals surface area contributed by atoms with Gasteiger partial charge in [-0.05, 0) is 30.5 Å². The zero-order valence-electron chi connectivity index (χ0n) is 14.4. The van der Waals surface area contributed by atoms with E-state index in [0.29, 0.717) is 0 Å². The molecule has 5 heteroatoms. The number of amides is 1. The van der Waals surface area contributed by atoms with Gasteiger partial charge in [-0.25, -0.2) is 4.98 Å². The van der Waals surface area contributed by atoms with Crippen LogP contribution in [0.25, 0.3) is 0 Å². The van der Waals surface area contributed by atoms with E-state index in [2.05, 4.69) is 10.3 Å². The van der Waals surface area contributed by atoms with Gasteiger partial charge >= 0.3 is 0 Å². The Balaban J connectivity index is 1.87. The molecule has 1 fully saturated rings. The van der Waals surface area contributed by atoms with E-state index < -0.39 is 0 Å². The molecule has 1 amide bonds. The first kappa shape index (κ1) is 16.6. The molecule has 0 aliphatic heterocycles. The molecule has 0 saturated heterocycles. The number of aryl methyl sites for hydroxylation is 1. The van der Waals surface area contributed by atoms with Crippen LogP contribution in [0.15, 0.2) is 36.7 Å². The molecule has 0 spiro atoms. The zero-order chi connectivity index (χ0) is 16.9. The molecule has 1 saturated carbocycles. The number of benzene rings is 1. The summed E-state index contributed by atoms with van der Waals surface area (Å²) in [5.74, 6) is 1.85. The van der Waals surface area contributed by atoms with Crippen molar-refractivity contribution in [1.29, 1.82) is 0 Å². The first-order chi connectivity index (χ1) is 11.7. The van der Waals surface area contributed by atoms with Crippen LogP contribution in [-0.4, -0.2) is 22.6 Å². The van der Waals surface area contributed by atoms with E-state index in [0.717, 1.165) is 42.8 Å². The highest BCUT2D eigenvalue weighted by atomic mass is 16.5. The zero-order valence-corrected chi connectivity index (χ0v) is 14.4. The number of nitrogens with zero attached hydrogens (tertiary/aromatic N) is 2. The average Bonchev–Trinajstić information content (AvgIpc) is 3.06. The van der Waals surface area contributed by atoms with Crippen LogP contribution in [0.5, 0.6) is 5.75 Å². The van der Waals surface area contributed by atoms with Crippen molar-refractivity contribution in [3.05, 3.63) is 48.0 Å². The van der Waals surface area contributed by atoms with Crippen LogP contribution in [0.4, 0.5) is 0 Å². The summed E-state index contributed by atoms with van der Waals surface area (Å²) in [6.07, 6.45) is 9.15. The number of hydrogen-bond donors (Lipinski definition) is 1. The Labute approximate surface area is 143 Å². The van der Waals surface area contributed by atoms with E-state index in [-0.39, 0.29) is 17.9 Å². The maximum absolute atomic E-state index is 12.8. The Morgan fingerprint density at radius 3 is 2.79 bits per heavy atom. The Bertz CT molecular complexity index is 689. The number of carbonyl (C=O) groups excluding carboxylic acids is 1. The van der Waals surface area contributed by atoms with Crippen LogP contribution in [-0.2, 0) is 11.8 Å². The van der Waals surface area contributed by atoms with Crippen molar-refractivity contribution < 1.29 is 9.53 Å². The van der Waals surface area contributed by atoms with Crippen LogP contribution in [0, 0.1) is 5.92 Å². The van der Waals surface area contributed by atoms with E-state index >= 15 is 0 Å². The van der Waals surface area contributed by atoms with Crippen molar-refractivity contribution in [2.45, 2.75) is 38.1 Å². The third-order valence-corrected chi connectivity index (χ3v) is 4.81. The number of rotatable bonds is 5. The van der Waals surface area contributed by atoms with E-state index in [4.69, 9.17) is 4.74 Å². The Morgan fingerprint density at radius 2 is 2.12 bits per heavy atom. The fourth-order valence-corrected chi connectivity index (χ4v) is 3.40. The molecule has 1 unspecified atom stereocenters. The summed E-state index contributed by atoms with van der Waals surface area (Å²) in [4.78, 5) is 17.2. The molecule has 1 heterocycles. The highest BCUT2D eigenvalue weighted by Gasteiger charge is 2.26. The van der Waals surface area contributed by atoms with Crippen molar-refractivity contribution in [3.8, 4) is 5.75 Å². The number of hydrogen-bond acceptors (Lipinski definition) is 3. The molecule has 1 aliphatic rings. The third-order valence-electron chi connectivity index (χ3n) is 4.81. The summed E-state index contributed by atoms with van der Waals surface area (Å²) < 4.78 is 7.28. The standard InChI is InChI=1S/C19H25N3O2/c1-22-12-11-20-18(22)17(15-9-6-10-16(13-15)24-2)21-19(23)14-7-4-3-5-8-14/h6,9-14,17H,3-5,7-8H2,1-2H3,(H,21,23). The maximum atomic E-state index is 12.8. The van der Waals surface area contributed by atoms with Gasteiger partial charge in [0.05, 0.1) is 7.11 Å². The van der Waals surface area contributed by atoms with Gasteiger partial charge in [0.1, 0.15) is 17.6 Å². The van der Waals surface area contributed by atoms with Gasteiger partial charge in [-0.1, -0.05) is 31.4 Å². The minimum Gasteiger partial charge on any atom is -0.497 e. The lowest BCUT2D eigenvalue weighted by molar-refractivity contribution is -0.126. The quantitative estimate of drug-likeness (QED) is 0.917. The molecule has 0 bridgehead atoms. The van der Waals surface area contributed by atoms with Gasteiger partial charge in [-0.15, -0.1) is 0 Å². The molecule has 128 valence electrons. The summed E-state index contributed by atoms with van der Waals surface area (Å²) in [6, 6.07) is 7.54. The fraction of sp³-hybridized carbons (Fsp3) is 0.474. The van der Waals surface area contributed by atoms with E-state index in [9.17, 15) is 4.79 Å². The lowest BCUT2D eigenvalue weighted by Gasteiger charge is -2.25. The minimum atomic E-state index is -0.269. The number of nitrogens with one attached hydrogen (secondary N) is 1. The van der Waals surface area contributed by atoms with Crippen molar-refractivity contribution >= 4 is 5.91 Å². The smallest absolute Gasteiger partial charge is 0.223 e. The molecule has 5 nitrogen and oxygen atoms in total. The molecular weight excluding hydrogens is 302 g/mol. The second kappa shape index (κ2) is 7.51.